The van der Waals surface area contributed by atoms with Crippen molar-refractivity contribution in [2.24, 2.45) is 40.6 Å². The van der Waals surface area contributed by atoms with E-state index in [9.17, 15) is 0 Å². The highest BCUT2D eigenvalue weighted by Crippen LogP contribution is 1.97. The van der Waals surface area contributed by atoms with Crippen molar-refractivity contribution in [3.8, 4) is 0 Å². The van der Waals surface area contributed by atoms with E-state index in [0.29, 0.717) is 13.5 Å². The maximum absolute atomic E-state index is 4.54. The van der Waals surface area contributed by atoms with Crippen LogP contribution >= 0.6 is 46.6 Å². The van der Waals surface area contributed by atoms with E-state index >= 15 is 0 Å². The molecule has 0 unspecified atom stereocenters. The van der Waals surface area contributed by atoms with Crippen LogP contribution in [0.3, 0.4) is 0 Å². The van der Waals surface area contributed by atoms with Gasteiger partial charge in [-0.2, -0.15) is 29.9 Å². The lowest BCUT2D eigenvalue weighted by Gasteiger charge is -2.08. The molecule has 13 heterocycles. The molecule has 67 heavy (non-hydrogen) atoms. The molecule has 5 N–H and O–H groups in total. The van der Waals surface area contributed by atoms with Crippen LogP contribution in [0, 0.1) is 0 Å². The molecular formula is C35H51N23O5S4. The standard InChI is InChI=1S/C5H11N.C5H5N.2C3H4N2.C3H3NO.C2H4N2O.C2H2N2O.C2H4N2O.C2H2N2O.C2H4N2S.C2H2N2S.C2H4N2S.C2H2N2S/c2*1-2-4-6-5-3-1;2*1-2-4-5-3-1;1-2-5-3-4-1;2*1-3-4-2-5-1;2*1-3-2-5-4-1;2*1-3-4-2-5-1;2*1-3-2-5-4-1/h6H,1-5H2;1-5H;2*2-3H,1H2;1-3H;1,4H,2H2;1-2H;1H,2H2,(H,3,4);1-2H;1,4H,2H2;1-2H;1H,2H2,(H,3,4);1-2H. The molecule has 1 fully saturated rings. The van der Waals surface area contributed by atoms with Crippen molar-refractivity contribution >= 4 is 96.1 Å². The Kier molecular flexibility index (Phi) is 47.3. The summed E-state index contributed by atoms with van der Waals surface area (Å²) in [5.41, 5.74) is 14.6. The zero-order valence-electron chi connectivity index (χ0n) is 35.9. The van der Waals surface area contributed by atoms with Gasteiger partial charge in [-0.15, -0.1) is 36.8 Å². The van der Waals surface area contributed by atoms with Gasteiger partial charge in [-0.25, -0.2) is 19.9 Å². The summed E-state index contributed by atoms with van der Waals surface area (Å²) >= 11 is 6.12. The molecule has 6 aromatic heterocycles. The van der Waals surface area contributed by atoms with Crippen LogP contribution < -0.4 is 26.4 Å². The number of hydrazone groups is 2. The van der Waals surface area contributed by atoms with E-state index < -0.39 is 0 Å². The first-order chi connectivity index (χ1) is 33.5. The van der Waals surface area contributed by atoms with Gasteiger partial charge in [-0.05, 0) is 61.5 Å². The van der Waals surface area contributed by atoms with E-state index in [1.54, 1.807) is 95.6 Å². The highest BCUT2D eigenvalue weighted by Gasteiger charge is 1.93. The number of aliphatic imine (C=N–C) groups is 2. The molecule has 7 aliphatic rings. The van der Waals surface area contributed by atoms with E-state index in [4.69, 9.17) is 0 Å². The number of oxazole rings is 1. The number of piperidine rings is 1. The van der Waals surface area contributed by atoms with E-state index in [0.717, 1.165) is 24.6 Å². The molecule has 360 valence electrons. The number of hydrogen-bond acceptors (Lipinski definition) is 32. The summed E-state index contributed by atoms with van der Waals surface area (Å²) in [6.45, 7) is 3.49. The second-order valence-corrected chi connectivity index (χ2v) is 13.2. The van der Waals surface area contributed by atoms with Crippen LogP contribution in [0.25, 0.3) is 0 Å². The molecule has 13 rings (SSSR count). The van der Waals surface area contributed by atoms with Gasteiger partial charge < -0.3 is 28.1 Å². The largest absolute Gasteiger partial charge is 0.460 e. The van der Waals surface area contributed by atoms with Crippen LogP contribution in [0.15, 0.2) is 152 Å². The number of thioether (sulfide) groups is 1. The molecule has 0 atom stereocenters. The van der Waals surface area contributed by atoms with Gasteiger partial charge in [0.1, 0.15) is 41.3 Å². The minimum absolute atomic E-state index is 0.458. The Morgan fingerprint density at radius 1 is 0.627 bits per heavy atom. The lowest BCUT2D eigenvalue weighted by Crippen LogP contribution is -2.21. The fourth-order valence-electron chi connectivity index (χ4n) is 3.05. The third-order valence-corrected chi connectivity index (χ3v) is 7.56. The van der Waals surface area contributed by atoms with Gasteiger partial charge in [0.2, 0.25) is 19.2 Å². The topological polar surface area (TPSA) is 346 Å². The van der Waals surface area contributed by atoms with Crippen molar-refractivity contribution in [2.75, 3.05) is 38.3 Å². The molecule has 0 aliphatic carbocycles. The zero-order chi connectivity index (χ0) is 47.4. The summed E-state index contributed by atoms with van der Waals surface area (Å²) < 4.78 is 24.1. The molecule has 0 spiro atoms. The molecule has 1 saturated heterocycles. The third-order valence-electron chi connectivity index (χ3n) is 5.60. The Morgan fingerprint density at radius 2 is 1.40 bits per heavy atom. The van der Waals surface area contributed by atoms with Gasteiger partial charge in [0.25, 0.3) is 0 Å². The Hall–Kier alpha value is -7.26. The number of hydroxylamine groups is 1. The van der Waals surface area contributed by atoms with Crippen LogP contribution in [0.2, 0.25) is 0 Å². The lowest BCUT2D eigenvalue weighted by molar-refractivity contribution is 0.117. The van der Waals surface area contributed by atoms with Gasteiger partial charge in [0.05, 0.1) is 24.0 Å². The minimum Gasteiger partial charge on any atom is -0.460 e. The Labute approximate surface area is 402 Å². The zero-order valence-corrected chi connectivity index (χ0v) is 39.1. The number of rotatable bonds is 0. The predicted octanol–water partition coefficient (Wildman–Crippen LogP) is 4.09. The Bertz CT molecular complexity index is 1530. The van der Waals surface area contributed by atoms with E-state index in [1.165, 1.54) is 112 Å². The molecule has 28 nitrogen and oxygen atoms in total. The van der Waals surface area contributed by atoms with Gasteiger partial charge in [0.15, 0.2) is 32.6 Å². The number of aromatic nitrogens is 10. The molecule has 0 aromatic carbocycles. The second kappa shape index (κ2) is 54.9. The van der Waals surface area contributed by atoms with Crippen LogP contribution in [0.4, 0.5) is 0 Å². The van der Waals surface area contributed by atoms with Gasteiger partial charge in [-0.3, -0.25) is 31.1 Å². The average Bonchev–Trinajstić information content (AvgIpc) is 4.28. The summed E-state index contributed by atoms with van der Waals surface area (Å²) in [5.74, 6) is 1.82. The van der Waals surface area contributed by atoms with Crippen molar-refractivity contribution in [1.82, 2.24) is 76.2 Å². The quantitative estimate of drug-likeness (QED) is 0.134. The molecule has 0 amide bonds. The van der Waals surface area contributed by atoms with Crippen molar-refractivity contribution in [3.63, 3.8) is 0 Å². The molecule has 7 aliphatic heterocycles. The molecular weight excluding hydrogens is 951 g/mol. The Morgan fingerprint density at radius 3 is 1.58 bits per heavy atom. The predicted molar refractivity (Wildman–Crippen MR) is 262 cm³/mol. The first-order valence-electron chi connectivity index (χ1n) is 19.1. The van der Waals surface area contributed by atoms with Crippen molar-refractivity contribution in [1.29, 1.82) is 0 Å². The third kappa shape index (κ3) is 53.0. The van der Waals surface area contributed by atoms with Crippen molar-refractivity contribution < 1.29 is 22.9 Å². The van der Waals surface area contributed by atoms with E-state index in [2.05, 4.69) is 140 Å². The van der Waals surface area contributed by atoms with E-state index in [1.807, 2.05) is 18.2 Å². The number of nitrogens with zero attached hydrogens (tertiary/aromatic N) is 18. The van der Waals surface area contributed by atoms with Gasteiger partial charge in [-0.1, -0.05) is 29.4 Å². The van der Waals surface area contributed by atoms with Crippen LogP contribution in [0.5, 0.6) is 0 Å². The number of hydrogen-bond donors (Lipinski definition) is 5. The number of pyridine rings is 1. The SMILES string of the molecule is C1=NCON1.C1=NCSN1.C1=NN=CC1.C1=NN=CC1.C1=NNCO1.C1=NNCS1.C1CCNCC1.c1ccncc1.c1cocn1.c1ncon1.c1ncsn1.c1nnco1.c1nncs1. The maximum Gasteiger partial charge on any atom is 0.213 e. The number of nitrogens with one attached hydrogen (secondary N) is 5. The summed E-state index contributed by atoms with van der Waals surface area (Å²) in [7, 11) is 0. The molecule has 0 saturated carbocycles. The fourth-order valence-corrected chi connectivity index (χ4v) is 4.34. The second-order valence-electron chi connectivity index (χ2n) is 10.3. The Balaban J connectivity index is 0.000000363. The minimum atomic E-state index is 0.458. The summed E-state index contributed by atoms with van der Waals surface area (Å²) in [6, 6.07) is 5.72. The summed E-state index contributed by atoms with van der Waals surface area (Å²) in [5, 5.41) is 41.4. The average molecular weight is 1000 g/mol. The van der Waals surface area contributed by atoms with Crippen molar-refractivity contribution in [2.45, 2.75) is 32.1 Å². The summed E-state index contributed by atoms with van der Waals surface area (Å²) in [6.07, 6.45) is 32.3. The highest BCUT2D eigenvalue weighted by molar-refractivity contribution is 8.12. The molecule has 0 bridgehead atoms. The molecule has 6 aromatic rings. The lowest BCUT2D eigenvalue weighted by atomic mass is 10.2. The smallest absolute Gasteiger partial charge is 0.213 e. The van der Waals surface area contributed by atoms with E-state index in [-0.39, 0.29) is 0 Å². The number of ether oxygens (including phenoxy) is 1. The molecule has 0 radical (unpaired) electrons. The van der Waals surface area contributed by atoms with Crippen LogP contribution in [0.1, 0.15) is 32.1 Å². The fraction of sp³-hybridized carbons (Fsp3) is 0.314. The first kappa shape index (κ1) is 57.8. The maximum atomic E-state index is 4.54. The van der Waals surface area contributed by atoms with Gasteiger partial charge in [0, 0.05) is 50.1 Å². The monoisotopic (exact) mass is 1000 g/mol. The molecule has 32 heteroatoms. The summed E-state index contributed by atoms with van der Waals surface area (Å²) in [4.78, 5) is 26.3. The highest BCUT2D eigenvalue weighted by atomic mass is 32.2. The van der Waals surface area contributed by atoms with Crippen molar-refractivity contribution in [3.05, 3.63) is 97.8 Å². The first-order valence-corrected chi connectivity index (χ1v) is 23.0. The van der Waals surface area contributed by atoms with Gasteiger partial charge >= 0.3 is 0 Å². The van der Waals surface area contributed by atoms with Crippen LogP contribution in [-0.2, 0) is 9.57 Å². The van der Waals surface area contributed by atoms with Crippen LogP contribution in [-0.4, -0.2) is 138 Å². The normalized spacial score (nSPS) is 14.1.